The summed E-state index contributed by atoms with van der Waals surface area (Å²) < 4.78 is 53.3. The zero-order chi connectivity index (χ0) is 22.0. The smallest absolute Gasteiger partial charge is 0.337 e. The number of thiazole rings is 1. The van der Waals surface area contributed by atoms with Crippen molar-refractivity contribution in [2.75, 3.05) is 11.9 Å². The van der Waals surface area contributed by atoms with Crippen molar-refractivity contribution in [3.05, 3.63) is 71.0 Å². The molecule has 0 aliphatic carbocycles. The summed E-state index contributed by atoms with van der Waals surface area (Å²) in [5.41, 5.74) is 0.542. The Bertz CT molecular complexity index is 1220. The highest BCUT2D eigenvalue weighted by Gasteiger charge is 2.30. The molecule has 4 rings (SSSR count). The Hall–Kier alpha value is -3.47. The van der Waals surface area contributed by atoms with E-state index in [1.165, 1.54) is 29.5 Å². The Kier molecular flexibility index (Phi) is 5.59. The molecule has 0 aliphatic heterocycles. The maximum Gasteiger partial charge on any atom is 0.416 e. The van der Waals surface area contributed by atoms with Crippen LogP contribution in [0.3, 0.4) is 0 Å². The molecule has 0 spiro atoms. The number of hydrogen-bond acceptors (Lipinski definition) is 4. The number of alkyl halides is 3. The summed E-state index contributed by atoms with van der Waals surface area (Å²) in [6.45, 7) is 0.257. The molecule has 160 valence electrons. The normalized spacial score (nSPS) is 11.6. The van der Waals surface area contributed by atoms with Crippen LogP contribution in [0, 0.1) is 5.82 Å². The predicted octanol–water partition coefficient (Wildman–Crippen LogP) is 4.98. The molecular weight excluding hydrogens is 434 g/mol. The minimum absolute atomic E-state index is 0.245. The molecule has 0 aliphatic rings. The van der Waals surface area contributed by atoms with Gasteiger partial charge in [0, 0.05) is 24.0 Å². The van der Waals surface area contributed by atoms with Crippen molar-refractivity contribution in [2.24, 2.45) is 0 Å². The van der Waals surface area contributed by atoms with Crippen molar-refractivity contribution >= 4 is 28.0 Å². The number of anilines is 1. The second-order valence-corrected chi connectivity index (χ2v) is 7.38. The molecule has 0 radical (unpaired) electrons. The van der Waals surface area contributed by atoms with Gasteiger partial charge in [-0.2, -0.15) is 18.2 Å². The van der Waals surface area contributed by atoms with Gasteiger partial charge in [0.2, 0.25) is 4.96 Å². The molecule has 0 saturated carbocycles. The predicted molar refractivity (Wildman–Crippen MR) is 108 cm³/mol. The second kappa shape index (κ2) is 8.34. The van der Waals surface area contributed by atoms with Crippen LogP contribution in [-0.4, -0.2) is 27.2 Å². The molecule has 4 aromatic rings. The van der Waals surface area contributed by atoms with Crippen molar-refractivity contribution in [1.29, 1.82) is 0 Å². The molecule has 2 heterocycles. The number of amides is 2. The Balaban J connectivity index is 1.35. The molecule has 0 unspecified atom stereocenters. The van der Waals surface area contributed by atoms with Gasteiger partial charge in [-0.3, -0.25) is 0 Å². The van der Waals surface area contributed by atoms with Gasteiger partial charge in [0.05, 0.1) is 16.8 Å². The van der Waals surface area contributed by atoms with Gasteiger partial charge in [-0.15, -0.1) is 16.4 Å². The number of rotatable bonds is 5. The maximum atomic E-state index is 14.0. The number of aromatic nitrogens is 3. The first kappa shape index (κ1) is 20.8. The van der Waals surface area contributed by atoms with Crippen LogP contribution in [0.2, 0.25) is 0 Å². The summed E-state index contributed by atoms with van der Waals surface area (Å²) in [6.07, 6.45) is -4.00. The topological polar surface area (TPSA) is 71.3 Å². The van der Waals surface area contributed by atoms with Crippen molar-refractivity contribution in [3.63, 3.8) is 0 Å². The molecule has 2 amide bonds. The minimum Gasteiger partial charge on any atom is -0.337 e. The van der Waals surface area contributed by atoms with E-state index in [9.17, 15) is 22.4 Å². The van der Waals surface area contributed by atoms with Gasteiger partial charge in [-0.1, -0.05) is 12.1 Å². The van der Waals surface area contributed by atoms with Gasteiger partial charge < -0.3 is 10.6 Å². The number of nitrogens with zero attached hydrogens (tertiary/aromatic N) is 3. The maximum absolute atomic E-state index is 14.0. The van der Waals surface area contributed by atoms with Crippen LogP contribution in [0.5, 0.6) is 0 Å². The Labute approximate surface area is 177 Å². The quantitative estimate of drug-likeness (QED) is 0.422. The van der Waals surface area contributed by atoms with Gasteiger partial charge in [0.1, 0.15) is 5.82 Å². The van der Waals surface area contributed by atoms with E-state index in [4.69, 9.17) is 0 Å². The van der Waals surface area contributed by atoms with Crippen LogP contribution < -0.4 is 10.6 Å². The van der Waals surface area contributed by atoms with E-state index in [1.54, 1.807) is 22.7 Å². The summed E-state index contributed by atoms with van der Waals surface area (Å²) >= 11 is 1.35. The van der Waals surface area contributed by atoms with Gasteiger partial charge in [-0.05, 0) is 36.4 Å². The van der Waals surface area contributed by atoms with Crippen LogP contribution in [0.1, 0.15) is 11.3 Å². The zero-order valence-corrected chi connectivity index (χ0v) is 16.6. The summed E-state index contributed by atoms with van der Waals surface area (Å²) in [7, 11) is 0. The Morgan fingerprint density at radius 1 is 1.10 bits per heavy atom. The fraction of sp³-hybridized carbons (Fsp3) is 0.150. The van der Waals surface area contributed by atoms with E-state index in [2.05, 4.69) is 20.7 Å². The number of carbonyl (C=O) groups excluding carboxylic acids is 1. The number of carbonyl (C=O) groups is 1. The number of hydrogen-bond donors (Lipinski definition) is 2. The van der Waals surface area contributed by atoms with Crippen LogP contribution in [0.25, 0.3) is 16.3 Å². The number of nitrogens with one attached hydrogen (secondary N) is 2. The van der Waals surface area contributed by atoms with E-state index < -0.39 is 23.6 Å². The molecule has 0 atom stereocenters. The van der Waals surface area contributed by atoms with Crippen LogP contribution in [0.15, 0.2) is 53.9 Å². The number of benzene rings is 2. The van der Waals surface area contributed by atoms with E-state index in [0.29, 0.717) is 16.9 Å². The summed E-state index contributed by atoms with van der Waals surface area (Å²) in [4.78, 5) is 16.9. The van der Waals surface area contributed by atoms with Crippen LogP contribution >= 0.6 is 11.3 Å². The number of fused-ring (bicyclic) bond motifs is 1. The van der Waals surface area contributed by atoms with Crippen LogP contribution in [0.4, 0.5) is 28.0 Å². The summed E-state index contributed by atoms with van der Waals surface area (Å²) in [5, 5.41) is 11.3. The molecule has 31 heavy (non-hydrogen) atoms. The van der Waals surface area contributed by atoms with Crippen molar-refractivity contribution in [3.8, 4) is 11.4 Å². The van der Waals surface area contributed by atoms with Crippen molar-refractivity contribution < 1.29 is 22.4 Å². The molecule has 2 aromatic heterocycles. The lowest BCUT2D eigenvalue weighted by Gasteiger charge is -2.09. The highest BCUT2D eigenvalue weighted by atomic mass is 32.1. The fourth-order valence-corrected chi connectivity index (χ4v) is 3.73. The second-order valence-electron chi connectivity index (χ2n) is 6.54. The molecule has 0 saturated heterocycles. The summed E-state index contributed by atoms with van der Waals surface area (Å²) in [6, 6.07) is 9.85. The molecule has 2 aromatic carbocycles. The average molecular weight is 449 g/mol. The summed E-state index contributed by atoms with van der Waals surface area (Å²) in [5.74, 6) is -0.136. The monoisotopic (exact) mass is 449 g/mol. The number of halogens is 4. The van der Waals surface area contributed by atoms with E-state index in [-0.39, 0.29) is 18.1 Å². The highest BCUT2D eigenvalue weighted by Crippen LogP contribution is 2.29. The molecule has 0 bridgehead atoms. The largest absolute Gasteiger partial charge is 0.416 e. The van der Waals surface area contributed by atoms with E-state index in [1.807, 2.05) is 5.38 Å². The van der Waals surface area contributed by atoms with Crippen molar-refractivity contribution in [1.82, 2.24) is 19.9 Å². The number of urea groups is 1. The van der Waals surface area contributed by atoms with Gasteiger partial charge in [0.25, 0.3) is 0 Å². The molecule has 2 N–H and O–H groups in total. The first-order chi connectivity index (χ1) is 14.8. The van der Waals surface area contributed by atoms with Crippen molar-refractivity contribution in [2.45, 2.75) is 12.6 Å². The average Bonchev–Trinajstić information content (AvgIpc) is 3.30. The lowest BCUT2D eigenvalue weighted by atomic mass is 10.2. The SMILES string of the molecule is O=C(NCCc1csc2nc(-c3ccccc3F)nn12)Nc1ccc(C(F)(F)F)cc1. The van der Waals surface area contributed by atoms with E-state index in [0.717, 1.165) is 17.8 Å². The van der Waals surface area contributed by atoms with Gasteiger partial charge in [0.15, 0.2) is 5.82 Å². The van der Waals surface area contributed by atoms with E-state index >= 15 is 0 Å². The highest BCUT2D eigenvalue weighted by molar-refractivity contribution is 7.15. The molecule has 11 heteroatoms. The van der Waals surface area contributed by atoms with Crippen LogP contribution in [-0.2, 0) is 12.6 Å². The third-order valence-electron chi connectivity index (χ3n) is 4.40. The first-order valence-corrected chi connectivity index (χ1v) is 9.99. The molecule has 0 fully saturated rings. The molecule has 6 nitrogen and oxygen atoms in total. The Morgan fingerprint density at radius 3 is 2.55 bits per heavy atom. The Morgan fingerprint density at radius 2 is 1.84 bits per heavy atom. The standard InChI is InChI=1S/C20H15F4N5OS/c21-16-4-2-1-3-15(16)17-27-19-29(28-17)14(11-31-19)9-10-25-18(30)26-13-7-5-12(6-8-13)20(22,23)24/h1-8,11H,9-10H2,(H2,25,26,30). The van der Waals surface area contributed by atoms with Gasteiger partial charge in [-0.25, -0.2) is 13.7 Å². The van der Waals surface area contributed by atoms with Gasteiger partial charge >= 0.3 is 12.2 Å². The third kappa shape index (κ3) is 4.66. The molecular formula is C20H15F4N5OS. The first-order valence-electron chi connectivity index (χ1n) is 9.11. The lowest BCUT2D eigenvalue weighted by molar-refractivity contribution is -0.137. The fourth-order valence-electron chi connectivity index (χ4n) is 2.88. The third-order valence-corrected chi connectivity index (χ3v) is 5.27. The minimum atomic E-state index is -4.43. The lowest BCUT2D eigenvalue weighted by Crippen LogP contribution is -2.30. The zero-order valence-electron chi connectivity index (χ0n) is 15.8.